The van der Waals surface area contributed by atoms with Crippen LogP contribution in [-0.4, -0.2) is 83.3 Å². The molecule has 0 spiro atoms. The number of ether oxygens (including phenoxy) is 2. The Hall–Kier alpha value is -6.31. The van der Waals surface area contributed by atoms with Gasteiger partial charge in [-0.15, -0.1) is 0 Å². The average Bonchev–Trinajstić information content (AvgIpc) is 3.94. The number of carbonyl (C=O) groups is 4. The topological polar surface area (TPSA) is 289 Å². The van der Waals surface area contributed by atoms with Crippen molar-refractivity contribution < 1.29 is 33.8 Å². The van der Waals surface area contributed by atoms with Gasteiger partial charge in [0.25, 0.3) is 11.8 Å². The molecule has 312 valence electrons. The van der Waals surface area contributed by atoms with E-state index in [1.807, 2.05) is 13.8 Å². The van der Waals surface area contributed by atoms with Crippen molar-refractivity contribution in [3.63, 3.8) is 0 Å². The van der Waals surface area contributed by atoms with E-state index < -0.39 is 41.3 Å². The molecule has 0 saturated heterocycles. The van der Waals surface area contributed by atoms with Crippen molar-refractivity contribution in [1.29, 1.82) is 0 Å². The molecule has 2 aromatic carbocycles. The summed E-state index contributed by atoms with van der Waals surface area (Å²) in [5.41, 5.74) is 28.6. The summed E-state index contributed by atoms with van der Waals surface area (Å²) in [6.45, 7) is 8.78. The molecule has 59 heavy (non-hydrogen) atoms. The Morgan fingerprint density at radius 1 is 0.932 bits per heavy atom. The van der Waals surface area contributed by atoms with Gasteiger partial charge in [-0.3, -0.25) is 33.9 Å². The summed E-state index contributed by atoms with van der Waals surface area (Å²) in [5, 5.41) is 24.3. The maximum atomic E-state index is 14.0. The zero-order valence-corrected chi connectivity index (χ0v) is 33.4. The fourth-order valence-electron chi connectivity index (χ4n) is 8.43. The number of hydrogen-bond acceptors (Lipinski definition) is 12. The SMILES string of the molecule is CCn1nc(C)cc1C(=O)Nc1nc2cc(C(N)=O)cc(OCCCO)c2n1CCC[C@@H]1COc2cc(C(N)=O)cc3c2C1[C@@](N)(NC(=O)c1cc(C)nn1CC)C3N. The lowest BCUT2D eigenvalue weighted by molar-refractivity contribution is 0.0779. The second-order valence-electron chi connectivity index (χ2n) is 15.0. The smallest absolute Gasteiger partial charge is 0.276 e. The molecule has 3 aromatic heterocycles. The standard InChI is InChI=1S/C40H50N12O7/c1-5-51-27(13-20(3)48-51)37(56)46-39-45-26-16-24(36(43)55)18-30(58-12-8-11-53)33(26)50(39)10-7-9-22-19-59-29-17-23(35(42)54)15-25-31(29)32(22)40(44,34(25)41)47-38(57)28-14-21(4)49-52(28)6-2/h13-18,22,32,34,53H,5-12,19,41,44H2,1-4H3,(H2,42,54)(H2,43,55)(H,47,57)(H,45,46,56)/t22-,32?,34?,40-/m1/s1. The van der Waals surface area contributed by atoms with Gasteiger partial charge in [-0.2, -0.15) is 10.2 Å². The van der Waals surface area contributed by atoms with Crippen molar-refractivity contribution in [3.05, 3.63) is 81.4 Å². The number of benzene rings is 2. The lowest BCUT2D eigenvalue weighted by Gasteiger charge is -2.42. The fraction of sp³-hybridized carbons (Fsp3) is 0.425. The lowest BCUT2D eigenvalue weighted by atomic mass is 9.77. The molecule has 4 amide bonds. The Balaban J connectivity index is 1.25. The molecule has 19 nitrogen and oxygen atoms in total. The van der Waals surface area contributed by atoms with Gasteiger partial charge in [-0.25, -0.2) is 4.98 Å². The highest BCUT2D eigenvalue weighted by Gasteiger charge is 2.56. The predicted molar refractivity (Wildman–Crippen MR) is 216 cm³/mol. The Labute approximate surface area is 339 Å². The minimum Gasteiger partial charge on any atom is -0.493 e. The molecule has 7 rings (SSSR count). The van der Waals surface area contributed by atoms with Crippen LogP contribution >= 0.6 is 0 Å². The number of aliphatic hydroxyl groups excluding tert-OH is 1. The Kier molecular flexibility index (Phi) is 11.2. The molecule has 2 unspecified atom stereocenters. The monoisotopic (exact) mass is 810 g/mol. The number of anilines is 1. The lowest BCUT2D eigenvalue weighted by Crippen LogP contribution is -2.64. The first-order chi connectivity index (χ1) is 28.2. The summed E-state index contributed by atoms with van der Waals surface area (Å²) in [6.07, 6.45) is 1.29. The predicted octanol–water partition coefficient (Wildman–Crippen LogP) is 1.97. The number of aliphatic hydroxyl groups is 1. The van der Waals surface area contributed by atoms with Crippen molar-refractivity contribution in [2.24, 2.45) is 28.9 Å². The maximum Gasteiger partial charge on any atom is 0.276 e. The number of nitrogens with two attached hydrogens (primary N) is 4. The van der Waals surface area contributed by atoms with Gasteiger partial charge < -0.3 is 47.4 Å². The van der Waals surface area contributed by atoms with Crippen molar-refractivity contribution in [1.82, 2.24) is 34.4 Å². The molecule has 4 atom stereocenters. The third-order valence-electron chi connectivity index (χ3n) is 11.1. The number of carbonyl (C=O) groups excluding carboxylic acids is 4. The molecule has 1 aliphatic heterocycles. The Morgan fingerprint density at radius 3 is 2.20 bits per heavy atom. The molecule has 19 heteroatoms. The van der Waals surface area contributed by atoms with Gasteiger partial charge in [0, 0.05) is 61.2 Å². The quantitative estimate of drug-likeness (QED) is 0.0556. The summed E-state index contributed by atoms with van der Waals surface area (Å²) in [6, 6.07) is 8.68. The number of nitrogens with one attached hydrogen (secondary N) is 2. The second kappa shape index (κ2) is 16.1. The summed E-state index contributed by atoms with van der Waals surface area (Å²) in [4.78, 5) is 57.3. The highest BCUT2D eigenvalue weighted by Crippen LogP contribution is 2.55. The fourth-order valence-corrected chi connectivity index (χ4v) is 8.43. The Bertz CT molecular complexity index is 2470. The number of rotatable bonds is 16. The van der Waals surface area contributed by atoms with E-state index in [1.54, 1.807) is 52.0 Å². The minimum atomic E-state index is -1.52. The summed E-state index contributed by atoms with van der Waals surface area (Å²) >= 11 is 0. The van der Waals surface area contributed by atoms with Crippen molar-refractivity contribution in [2.45, 2.75) is 84.2 Å². The van der Waals surface area contributed by atoms with E-state index in [2.05, 4.69) is 20.8 Å². The summed E-state index contributed by atoms with van der Waals surface area (Å²) < 4.78 is 17.4. The molecule has 0 saturated carbocycles. The number of imidazole rings is 1. The van der Waals surface area contributed by atoms with Gasteiger partial charge in [0.2, 0.25) is 17.8 Å². The van der Waals surface area contributed by atoms with Crippen molar-refractivity contribution in [3.8, 4) is 11.5 Å². The van der Waals surface area contributed by atoms with Gasteiger partial charge in [-0.1, -0.05) is 0 Å². The van der Waals surface area contributed by atoms with E-state index in [-0.39, 0.29) is 42.8 Å². The van der Waals surface area contributed by atoms with Crippen LogP contribution in [0.4, 0.5) is 5.95 Å². The molecular weight excluding hydrogens is 761 g/mol. The van der Waals surface area contributed by atoms with E-state index in [9.17, 15) is 24.3 Å². The number of aryl methyl sites for hydroxylation is 5. The summed E-state index contributed by atoms with van der Waals surface area (Å²) in [5.74, 6) is -2.18. The van der Waals surface area contributed by atoms with E-state index in [0.29, 0.717) is 95.3 Å². The largest absolute Gasteiger partial charge is 0.493 e. The first-order valence-corrected chi connectivity index (χ1v) is 19.6. The van der Waals surface area contributed by atoms with E-state index in [4.69, 9.17) is 37.4 Å². The van der Waals surface area contributed by atoms with Crippen LogP contribution < -0.4 is 43.0 Å². The van der Waals surface area contributed by atoms with E-state index >= 15 is 0 Å². The number of nitrogens with zero attached hydrogens (tertiary/aromatic N) is 6. The molecule has 4 heterocycles. The molecule has 0 radical (unpaired) electrons. The number of amides is 4. The third kappa shape index (κ3) is 7.47. The average molecular weight is 811 g/mol. The molecule has 0 bridgehead atoms. The van der Waals surface area contributed by atoms with Crippen LogP contribution in [-0.2, 0) is 19.6 Å². The molecule has 1 aliphatic carbocycles. The van der Waals surface area contributed by atoms with Gasteiger partial charge >= 0.3 is 0 Å². The van der Waals surface area contributed by atoms with Gasteiger partial charge in [0.15, 0.2) is 0 Å². The van der Waals surface area contributed by atoms with Crippen LogP contribution in [0.3, 0.4) is 0 Å². The Morgan fingerprint density at radius 2 is 1.58 bits per heavy atom. The van der Waals surface area contributed by atoms with Gasteiger partial charge in [0.05, 0.1) is 36.2 Å². The number of primary amides is 2. The van der Waals surface area contributed by atoms with E-state index in [1.165, 1.54) is 12.1 Å². The highest BCUT2D eigenvalue weighted by molar-refractivity contribution is 6.04. The van der Waals surface area contributed by atoms with Gasteiger partial charge in [0.1, 0.15) is 34.1 Å². The molecule has 11 N–H and O–H groups in total. The zero-order valence-electron chi connectivity index (χ0n) is 33.4. The van der Waals surface area contributed by atoms with Crippen LogP contribution in [0.2, 0.25) is 0 Å². The highest BCUT2D eigenvalue weighted by atomic mass is 16.5. The third-order valence-corrected chi connectivity index (χ3v) is 11.1. The first-order valence-electron chi connectivity index (χ1n) is 19.6. The molecule has 5 aromatic rings. The molecule has 2 aliphatic rings. The number of fused-ring (bicyclic) bond motifs is 1. The van der Waals surface area contributed by atoms with Crippen LogP contribution in [0.15, 0.2) is 36.4 Å². The second-order valence-corrected chi connectivity index (χ2v) is 15.0. The van der Waals surface area contributed by atoms with Crippen molar-refractivity contribution in [2.75, 3.05) is 25.1 Å². The number of hydrogen-bond donors (Lipinski definition) is 7. The summed E-state index contributed by atoms with van der Waals surface area (Å²) in [7, 11) is 0. The molecule has 0 fully saturated rings. The van der Waals surface area contributed by atoms with Gasteiger partial charge in [-0.05, 0) is 82.5 Å². The van der Waals surface area contributed by atoms with Crippen LogP contribution in [0.1, 0.15) is 109 Å². The zero-order chi connectivity index (χ0) is 42.3. The maximum absolute atomic E-state index is 14.0. The minimum absolute atomic E-state index is 0.113. The molecular formula is C40H50N12O7. The number of aromatic nitrogens is 6. The normalized spacial score (nSPS) is 19.3. The van der Waals surface area contributed by atoms with E-state index in [0.717, 1.165) is 0 Å². The van der Waals surface area contributed by atoms with Crippen LogP contribution in [0.25, 0.3) is 11.0 Å². The van der Waals surface area contributed by atoms with Crippen LogP contribution in [0.5, 0.6) is 11.5 Å². The first kappa shape index (κ1) is 40.9. The van der Waals surface area contributed by atoms with Crippen molar-refractivity contribution >= 4 is 40.6 Å². The van der Waals surface area contributed by atoms with Crippen LogP contribution in [0, 0.1) is 19.8 Å².